The number of nitrogens with two attached hydrogens (primary N) is 1. The molecule has 5 nitrogen and oxygen atoms in total. The van der Waals surface area contributed by atoms with E-state index in [1.54, 1.807) is 30.5 Å². The molecule has 0 unspecified atom stereocenters. The third kappa shape index (κ3) is 4.32. The summed E-state index contributed by atoms with van der Waals surface area (Å²) in [6, 6.07) is 10.5. The van der Waals surface area contributed by atoms with E-state index in [2.05, 4.69) is 9.71 Å². The standard InChI is InChI=1S/C14H17N3O2S/c1-11-2-3-13(8-16-11)9-17-20(18,19)10-12-4-6-14(15)7-5-12/h2-8,17H,9-10,15H2,1H3. The maximum absolute atomic E-state index is 12.0. The lowest BCUT2D eigenvalue weighted by Gasteiger charge is -2.07. The molecule has 1 aromatic carbocycles. The molecule has 0 amide bonds. The van der Waals surface area contributed by atoms with E-state index in [1.807, 2.05) is 19.1 Å². The van der Waals surface area contributed by atoms with E-state index in [0.29, 0.717) is 11.3 Å². The number of nitrogens with zero attached hydrogens (tertiary/aromatic N) is 1. The van der Waals surface area contributed by atoms with Crippen molar-refractivity contribution in [3.8, 4) is 0 Å². The Morgan fingerprint density at radius 3 is 2.35 bits per heavy atom. The van der Waals surface area contributed by atoms with Crippen molar-refractivity contribution in [1.82, 2.24) is 9.71 Å². The molecule has 6 heteroatoms. The highest BCUT2D eigenvalue weighted by atomic mass is 32.2. The van der Waals surface area contributed by atoms with Crippen molar-refractivity contribution in [3.63, 3.8) is 0 Å². The number of hydrogen-bond donors (Lipinski definition) is 2. The molecule has 2 rings (SSSR count). The molecule has 0 spiro atoms. The highest BCUT2D eigenvalue weighted by Gasteiger charge is 2.11. The Morgan fingerprint density at radius 1 is 1.10 bits per heavy atom. The predicted molar refractivity (Wildman–Crippen MR) is 79.3 cm³/mol. The van der Waals surface area contributed by atoms with Gasteiger partial charge in [0, 0.05) is 24.1 Å². The van der Waals surface area contributed by atoms with Crippen LogP contribution in [0.5, 0.6) is 0 Å². The van der Waals surface area contributed by atoms with Gasteiger partial charge in [-0.3, -0.25) is 4.98 Å². The number of sulfonamides is 1. The molecule has 0 aliphatic rings. The molecule has 0 radical (unpaired) electrons. The van der Waals surface area contributed by atoms with E-state index in [-0.39, 0.29) is 12.3 Å². The summed E-state index contributed by atoms with van der Waals surface area (Å²) >= 11 is 0. The van der Waals surface area contributed by atoms with Crippen molar-refractivity contribution in [2.75, 3.05) is 5.73 Å². The highest BCUT2D eigenvalue weighted by Crippen LogP contribution is 2.09. The van der Waals surface area contributed by atoms with Gasteiger partial charge < -0.3 is 5.73 Å². The minimum Gasteiger partial charge on any atom is -0.399 e. The minimum atomic E-state index is -3.37. The second-order valence-electron chi connectivity index (χ2n) is 4.63. The van der Waals surface area contributed by atoms with Gasteiger partial charge in [-0.15, -0.1) is 0 Å². The van der Waals surface area contributed by atoms with Gasteiger partial charge in [0.2, 0.25) is 10.0 Å². The molecular formula is C14H17N3O2S. The van der Waals surface area contributed by atoms with Crippen LogP contribution in [0.15, 0.2) is 42.6 Å². The lowest BCUT2D eigenvalue weighted by Crippen LogP contribution is -2.24. The fourth-order valence-electron chi connectivity index (χ4n) is 1.68. The summed E-state index contributed by atoms with van der Waals surface area (Å²) in [5.74, 6) is -0.0629. The normalized spacial score (nSPS) is 11.4. The van der Waals surface area contributed by atoms with Crippen molar-refractivity contribution < 1.29 is 8.42 Å². The summed E-state index contributed by atoms with van der Waals surface area (Å²) in [6.45, 7) is 2.12. The summed E-state index contributed by atoms with van der Waals surface area (Å²) < 4.78 is 26.5. The second kappa shape index (κ2) is 6.02. The Hall–Kier alpha value is -1.92. The zero-order valence-corrected chi connectivity index (χ0v) is 12.0. The molecule has 1 heterocycles. The summed E-state index contributed by atoms with van der Waals surface area (Å²) in [4.78, 5) is 4.12. The minimum absolute atomic E-state index is 0.0629. The van der Waals surface area contributed by atoms with Crippen molar-refractivity contribution in [1.29, 1.82) is 0 Å². The third-order valence-corrected chi connectivity index (χ3v) is 4.10. The first-order valence-corrected chi connectivity index (χ1v) is 7.83. The van der Waals surface area contributed by atoms with Gasteiger partial charge in [-0.1, -0.05) is 18.2 Å². The lowest BCUT2D eigenvalue weighted by atomic mass is 10.2. The van der Waals surface area contributed by atoms with Crippen LogP contribution in [0.3, 0.4) is 0 Å². The maximum atomic E-state index is 12.0. The molecule has 0 bridgehead atoms. The van der Waals surface area contributed by atoms with Gasteiger partial charge in [-0.2, -0.15) is 0 Å². The molecule has 0 aliphatic heterocycles. The fourth-order valence-corrected chi connectivity index (χ4v) is 2.80. The van der Waals surface area contributed by atoms with Crippen LogP contribution in [-0.2, 0) is 22.3 Å². The van der Waals surface area contributed by atoms with Gasteiger partial charge in [0.15, 0.2) is 0 Å². The monoisotopic (exact) mass is 291 g/mol. The fraction of sp³-hybridized carbons (Fsp3) is 0.214. The van der Waals surface area contributed by atoms with Crippen LogP contribution in [0.25, 0.3) is 0 Å². The van der Waals surface area contributed by atoms with E-state index < -0.39 is 10.0 Å². The average Bonchev–Trinajstić information content (AvgIpc) is 2.41. The largest absolute Gasteiger partial charge is 0.399 e. The topological polar surface area (TPSA) is 85.1 Å². The summed E-state index contributed by atoms with van der Waals surface area (Å²) in [6.07, 6.45) is 1.67. The second-order valence-corrected chi connectivity index (χ2v) is 6.44. The predicted octanol–water partition coefficient (Wildman–Crippen LogP) is 1.59. The summed E-state index contributed by atoms with van der Waals surface area (Å²) in [5, 5.41) is 0. The first-order valence-electron chi connectivity index (χ1n) is 6.18. The zero-order chi connectivity index (χ0) is 14.6. The molecule has 3 N–H and O–H groups in total. The van der Waals surface area contributed by atoms with Crippen LogP contribution < -0.4 is 10.5 Å². The number of pyridine rings is 1. The van der Waals surface area contributed by atoms with Crippen molar-refractivity contribution >= 4 is 15.7 Å². The third-order valence-electron chi connectivity index (χ3n) is 2.81. The number of rotatable bonds is 5. The number of anilines is 1. The number of hydrogen-bond acceptors (Lipinski definition) is 4. The van der Waals surface area contributed by atoms with Gasteiger partial charge in [-0.05, 0) is 36.2 Å². The highest BCUT2D eigenvalue weighted by molar-refractivity contribution is 7.88. The summed E-state index contributed by atoms with van der Waals surface area (Å²) in [5.41, 5.74) is 8.61. The first-order chi connectivity index (χ1) is 9.44. The van der Waals surface area contributed by atoms with Crippen LogP contribution in [0, 0.1) is 6.92 Å². The van der Waals surface area contributed by atoms with Crippen LogP contribution in [-0.4, -0.2) is 13.4 Å². The molecule has 0 saturated heterocycles. The Labute approximate surface area is 118 Å². The van der Waals surface area contributed by atoms with E-state index in [9.17, 15) is 8.42 Å². The number of benzene rings is 1. The van der Waals surface area contributed by atoms with Gasteiger partial charge in [0.1, 0.15) is 0 Å². The molecule has 0 atom stereocenters. The maximum Gasteiger partial charge on any atom is 0.216 e. The van der Waals surface area contributed by atoms with Gasteiger partial charge >= 0.3 is 0 Å². The van der Waals surface area contributed by atoms with Crippen molar-refractivity contribution in [3.05, 3.63) is 59.4 Å². The Bertz CT molecular complexity index is 665. The van der Waals surface area contributed by atoms with Crippen LogP contribution >= 0.6 is 0 Å². The number of nitrogen functional groups attached to an aromatic ring is 1. The molecule has 2 aromatic rings. The Morgan fingerprint density at radius 2 is 1.75 bits per heavy atom. The smallest absolute Gasteiger partial charge is 0.216 e. The molecule has 20 heavy (non-hydrogen) atoms. The molecule has 1 aromatic heterocycles. The van der Waals surface area contributed by atoms with Crippen molar-refractivity contribution in [2.45, 2.75) is 19.2 Å². The van der Waals surface area contributed by atoms with Crippen LogP contribution in [0.4, 0.5) is 5.69 Å². The van der Waals surface area contributed by atoms with E-state index in [4.69, 9.17) is 5.73 Å². The van der Waals surface area contributed by atoms with Gasteiger partial charge in [0.05, 0.1) is 5.75 Å². The summed E-state index contributed by atoms with van der Waals surface area (Å²) in [7, 11) is -3.37. The van der Waals surface area contributed by atoms with Gasteiger partial charge in [-0.25, -0.2) is 13.1 Å². The molecule has 0 saturated carbocycles. The van der Waals surface area contributed by atoms with E-state index in [1.165, 1.54) is 0 Å². The molecule has 106 valence electrons. The lowest BCUT2D eigenvalue weighted by molar-refractivity contribution is 0.580. The Kier molecular flexibility index (Phi) is 4.36. The van der Waals surface area contributed by atoms with Crippen LogP contribution in [0.1, 0.15) is 16.8 Å². The number of nitrogens with one attached hydrogen (secondary N) is 1. The quantitative estimate of drug-likeness (QED) is 0.819. The SMILES string of the molecule is Cc1ccc(CNS(=O)(=O)Cc2ccc(N)cc2)cn1. The van der Waals surface area contributed by atoms with E-state index in [0.717, 1.165) is 11.3 Å². The Balaban J connectivity index is 1.97. The zero-order valence-electron chi connectivity index (χ0n) is 11.2. The van der Waals surface area contributed by atoms with Crippen LogP contribution in [0.2, 0.25) is 0 Å². The molecule has 0 fully saturated rings. The number of aryl methyl sites for hydroxylation is 1. The number of aromatic nitrogens is 1. The molecular weight excluding hydrogens is 274 g/mol. The van der Waals surface area contributed by atoms with Crippen molar-refractivity contribution in [2.24, 2.45) is 0 Å². The molecule has 0 aliphatic carbocycles. The first kappa shape index (κ1) is 14.5. The van der Waals surface area contributed by atoms with Gasteiger partial charge in [0.25, 0.3) is 0 Å². The average molecular weight is 291 g/mol. The van der Waals surface area contributed by atoms with E-state index >= 15 is 0 Å².